The number of nitrogens with one attached hydrogen (secondary N) is 1. The third-order valence-electron chi connectivity index (χ3n) is 2.93. The summed E-state index contributed by atoms with van der Waals surface area (Å²) in [5.41, 5.74) is 0.405. The van der Waals surface area contributed by atoms with Crippen LogP contribution in [0.5, 0.6) is 5.75 Å². The van der Waals surface area contributed by atoms with Gasteiger partial charge >= 0.3 is 0 Å². The monoisotopic (exact) mass is 291 g/mol. The predicted octanol–water partition coefficient (Wildman–Crippen LogP) is 2.70. The molecule has 20 heavy (non-hydrogen) atoms. The molecule has 106 valence electrons. The summed E-state index contributed by atoms with van der Waals surface area (Å²) >= 11 is 1.49. The second-order valence-corrected chi connectivity index (χ2v) is 5.67. The van der Waals surface area contributed by atoms with Crippen molar-refractivity contribution in [3.8, 4) is 5.75 Å². The average molecular weight is 291 g/mol. The zero-order valence-corrected chi connectivity index (χ0v) is 11.9. The maximum absolute atomic E-state index is 12.0. The topological polar surface area (TPSA) is 69.6 Å². The minimum Gasteiger partial charge on any atom is -0.508 e. The van der Waals surface area contributed by atoms with Crippen molar-refractivity contribution in [2.24, 2.45) is 0 Å². The van der Waals surface area contributed by atoms with Gasteiger partial charge in [0.15, 0.2) is 0 Å². The van der Waals surface area contributed by atoms with Gasteiger partial charge in [0.1, 0.15) is 5.75 Å². The molecule has 3 N–H and O–H groups in total. The molecule has 0 radical (unpaired) electrons. The molecule has 0 saturated carbocycles. The number of aliphatic hydroxyl groups excluding tert-OH is 1. The Morgan fingerprint density at radius 2 is 2.15 bits per heavy atom. The first kappa shape index (κ1) is 14.6. The van der Waals surface area contributed by atoms with Crippen LogP contribution in [0.25, 0.3) is 0 Å². The van der Waals surface area contributed by atoms with Crippen molar-refractivity contribution in [3.63, 3.8) is 0 Å². The summed E-state index contributed by atoms with van der Waals surface area (Å²) in [4.78, 5) is 12.9. The SMILES string of the molecule is CC(CC(O)c1cccs1)NC(=O)c1cccc(O)c1. The van der Waals surface area contributed by atoms with Crippen LogP contribution in [0.1, 0.15) is 34.7 Å². The van der Waals surface area contributed by atoms with E-state index in [1.807, 2.05) is 24.4 Å². The first-order valence-electron chi connectivity index (χ1n) is 6.37. The van der Waals surface area contributed by atoms with Crippen LogP contribution in [0.4, 0.5) is 0 Å². The Morgan fingerprint density at radius 3 is 2.80 bits per heavy atom. The largest absolute Gasteiger partial charge is 0.508 e. The summed E-state index contributed by atoms with van der Waals surface area (Å²) in [6.07, 6.45) is -0.125. The van der Waals surface area contributed by atoms with Crippen LogP contribution in [0, 0.1) is 0 Å². The lowest BCUT2D eigenvalue weighted by molar-refractivity contribution is 0.0918. The number of amides is 1. The van der Waals surface area contributed by atoms with Crippen LogP contribution in [0.3, 0.4) is 0 Å². The predicted molar refractivity (Wildman–Crippen MR) is 78.9 cm³/mol. The van der Waals surface area contributed by atoms with Gasteiger partial charge in [-0.2, -0.15) is 0 Å². The van der Waals surface area contributed by atoms with Gasteiger partial charge in [-0.25, -0.2) is 0 Å². The fourth-order valence-electron chi connectivity index (χ4n) is 1.95. The van der Waals surface area contributed by atoms with Crippen molar-refractivity contribution in [2.75, 3.05) is 0 Å². The van der Waals surface area contributed by atoms with Gasteiger partial charge < -0.3 is 15.5 Å². The van der Waals surface area contributed by atoms with Crippen molar-refractivity contribution in [3.05, 3.63) is 52.2 Å². The van der Waals surface area contributed by atoms with E-state index in [9.17, 15) is 15.0 Å². The minimum absolute atomic E-state index is 0.0592. The van der Waals surface area contributed by atoms with E-state index in [0.29, 0.717) is 12.0 Å². The van der Waals surface area contributed by atoms with Gasteiger partial charge in [-0.05, 0) is 43.0 Å². The third kappa shape index (κ3) is 3.82. The Hall–Kier alpha value is -1.85. The zero-order valence-electron chi connectivity index (χ0n) is 11.1. The van der Waals surface area contributed by atoms with Crippen molar-refractivity contribution in [1.82, 2.24) is 5.32 Å². The van der Waals surface area contributed by atoms with Gasteiger partial charge in [0.05, 0.1) is 6.10 Å². The number of phenols is 1. The third-order valence-corrected chi connectivity index (χ3v) is 3.91. The van der Waals surface area contributed by atoms with Crippen LogP contribution in [0.15, 0.2) is 41.8 Å². The fourth-order valence-corrected chi connectivity index (χ4v) is 2.67. The Labute approximate surface area is 121 Å². The van der Waals surface area contributed by atoms with Crippen LogP contribution < -0.4 is 5.32 Å². The average Bonchev–Trinajstić information content (AvgIpc) is 2.92. The smallest absolute Gasteiger partial charge is 0.251 e. The number of phenolic OH excluding ortho intramolecular Hbond substituents is 1. The van der Waals surface area contributed by atoms with E-state index in [2.05, 4.69) is 5.32 Å². The van der Waals surface area contributed by atoms with Gasteiger partial charge in [-0.1, -0.05) is 12.1 Å². The Morgan fingerprint density at radius 1 is 1.35 bits per heavy atom. The number of hydrogen-bond acceptors (Lipinski definition) is 4. The number of benzene rings is 1. The molecule has 0 bridgehead atoms. The van der Waals surface area contributed by atoms with E-state index >= 15 is 0 Å². The lowest BCUT2D eigenvalue weighted by atomic mass is 10.1. The molecule has 1 amide bonds. The molecule has 5 heteroatoms. The van der Waals surface area contributed by atoms with E-state index in [1.54, 1.807) is 12.1 Å². The zero-order chi connectivity index (χ0) is 14.5. The van der Waals surface area contributed by atoms with E-state index in [-0.39, 0.29) is 17.7 Å². The molecule has 2 unspecified atom stereocenters. The highest BCUT2D eigenvalue weighted by Crippen LogP contribution is 2.23. The molecule has 2 rings (SSSR count). The summed E-state index contributed by atoms with van der Waals surface area (Å²) in [5, 5.41) is 24.1. The summed E-state index contributed by atoms with van der Waals surface area (Å²) in [5.74, 6) is -0.198. The molecule has 0 spiro atoms. The molecule has 1 aromatic carbocycles. The Balaban J connectivity index is 1.91. The van der Waals surface area contributed by atoms with E-state index in [4.69, 9.17) is 0 Å². The summed E-state index contributed by atoms with van der Waals surface area (Å²) in [6.45, 7) is 1.84. The number of carbonyl (C=O) groups is 1. The lowest BCUT2D eigenvalue weighted by Gasteiger charge is -2.17. The highest BCUT2D eigenvalue weighted by Gasteiger charge is 2.16. The van der Waals surface area contributed by atoms with E-state index in [0.717, 1.165) is 4.88 Å². The second-order valence-electron chi connectivity index (χ2n) is 4.69. The second kappa shape index (κ2) is 6.54. The molecule has 0 saturated heterocycles. The van der Waals surface area contributed by atoms with E-state index < -0.39 is 6.10 Å². The summed E-state index contributed by atoms with van der Waals surface area (Å²) in [7, 11) is 0. The number of carbonyl (C=O) groups excluding carboxylic acids is 1. The standard InChI is InChI=1S/C15H17NO3S/c1-10(8-13(18)14-6-3-7-20-14)16-15(19)11-4-2-5-12(17)9-11/h2-7,9-10,13,17-18H,8H2,1H3,(H,16,19). The Kier molecular flexibility index (Phi) is 4.76. The molecule has 0 fully saturated rings. The Bertz CT molecular complexity index is 568. The molecule has 0 aliphatic heterocycles. The first-order valence-corrected chi connectivity index (χ1v) is 7.25. The van der Waals surface area contributed by atoms with Crippen molar-refractivity contribution >= 4 is 17.2 Å². The molecule has 2 aromatic rings. The van der Waals surface area contributed by atoms with Gasteiger partial charge in [0.25, 0.3) is 5.91 Å². The van der Waals surface area contributed by atoms with Crippen LogP contribution in [0.2, 0.25) is 0 Å². The lowest BCUT2D eigenvalue weighted by Crippen LogP contribution is -2.33. The van der Waals surface area contributed by atoms with Gasteiger partial charge in [0.2, 0.25) is 0 Å². The number of aliphatic hydroxyl groups is 1. The van der Waals surface area contributed by atoms with Gasteiger partial charge in [-0.15, -0.1) is 11.3 Å². The normalized spacial score (nSPS) is 13.7. The molecule has 0 aliphatic rings. The molecule has 1 aromatic heterocycles. The van der Waals surface area contributed by atoms with Crippen LogP contribution >= 0.6 is 11.3 Å². The van der Waals surface area contributed by atoms with Crippen molar-refractivity contribution in [1.29, 1.82) is 0 Å². The number of rotatable bonds is 5. The molecule has 1 heterocycles. The minimum atomic E-state index is -0.575. The number of hydrogen-bond donors (Lipinski definition) is 3. The summed E-state index contributed by atoms with van der Waals surface area (Å²) in [6, 6.07) is 9.78. The molecule has 2 atom stereocenters. The van der Waals surface area contributed by atoms with Crippen LogP contribution in [-0.4, -0.2) is 22.2 Å². The maximum Gasteiger partial charge on any atom is 0.251 e. The first-order chi connectivity index (χ1) is 9.56. The summed E-state index contributed by atoms with van der Waals surface area (Å²) < 4.78 is 0. The maximum atomic E-state index is 12.0. The fraction of sp³-hybridized carbons (Fsp3) is 0.267. The van der Waals surface area contributed by atoms with E-state index in [1.165, 1.54) is 23.5 Å². The molecule has 4 nitrogen and oxygen atoms in total. The van der Waals surface area contributed by atoms with Crippen molar-refractivity contribution in [2.45, 2.75) is 25.5 Å². The molecule has 0 aliphatic carbocycles. The van der Waals surface area contributed by atoms with Crippen LogP contribution in [-0.2, 0) is 0 Å². The molecular weight excluding hydrogens is 274 g/mol. The number of thiophene rings is 1. The highest BCUT2D eigenvalue weighted by molar-refractivity contribution is 7.10. The number of aromatic hydroxyl groups is 1. The quantitative estimate of drug-likeness (QED) is 0.793. The van der Waals surface area contributed by atoms with Crippen molar-refractivity contribution < 1.29 is 15.0 Å². The van der Waals surface area contributed by atoms with Gasteiger partial charge in [-0.3, -0.25) is 4.79 Å². The molecular formula is C15H17NO3S. The highest BCUT2D eigenvalue weighted by atomic mass is 32.1. The van der Waals surface area contributed by atoms with Gasteiger partial charge in [0, 0.05) is 16.5 Å².